The van der Waals surface area contributed by atoms with Crippen LogP contribution in [-0.4, -0.2) is 23.7 Å². The summed E-state index contributed by atoms with van der Waals surface area (Å²) in [5.41, 5.74) is -0.596. The first-order valence-corrected chi connectivity index (χ1v) is 6.50. The molecule has 0 aliphatic heterocycles. The van der Waals surface area contributed by atoms with Crippen molar-refractivity contribution in [3.63, 3.8) is 0 Å². The Kier molecular flexibility index (Phi) is 4.47. The SMILES string of the molecule is O=C(NCC(O)C1CCCC1)c1c(F)cccc1F. The molecule has 1 aliphatic rings. The second kappa shape index (κ2) is 6.10. The number of aliphatic hydroxyl groups excluding tert-OH is 1. The number of amides is 1. The molecule has 1 unspecified atom stereocenters. The lowest BCUT2D eigenvalue weighted by molar-refractivity contribution is 0.0833. The summed E-state index contributed by atoms with van der Waals surface area (Å²) in [6.45, 7) is 0.0251. The monoisotopic (exact) mass is 269 g/mol. The second-order valence-corrected chi connectivity index (χ2v) is 4.92. The van der Waals surface area contributed by atoms with Gasteiger partial charge in [0, 0.05) is 6.54 Å². The zero-order valence-electron chi connectivity index (χ0n) is 10.5. The Labute approximate surface area is 110 Å². The number of carbonyl (C=O) groups excluding carboxylic acids is 1. The van der Waals surface area contributed by atoms with Crippen molar-refractivity contribution in [1.29, 1.82) is 0 Å². The zero-order valence-corrected chi connectivity index (χ0v) is 10.5. The third-order valence-corrected chi connectivity index (χ3v) is 3.61. The minimum atomic E-state index is -0.896. The highest BCUT2D eigenvalue weighted by molar-refractivity contribution is 5.94. The van der Waals surface area contributed by atoms with E-state index in [4.69, 9.17) is 0 Å². The minimum absolute atomic E-state index is 0.0251. The highest BCUT2D eigenvalue weighted by atomic mass is 19.1. The minimum Gasteiger partial charge on any atom is -0.391 e. The van der Waals surface area contributed by atoms with Crippen LogP contribution in [-0.2, 0) is 0 Å². The van der Waals surface area contributed by atoms with Gasteiger partial charge >= 0.3 is 0 Å². The molecule has 1 saturated carbocycles. The van der Waals surface area contributed by atoms with E-state index in [1.807, 2.05) is 0 Å². The van der Waals surface area contributed by atoms with Gasteiger partial charge in [0.1, 0.15) is 17.2 Å². The Bertz CT molecular complexity index is 439. The quantitative estimate of drug-likeness (QED) is 0.880. The van der Waals surface area contributed by atoms with Gasteiger partial charge in [-0.15, -0.1) is 0 Å². The molecule has 0 spiro atoms. The smallest absolute Gasteiger partial charge is 0.257 e. The van der Waals surface area contributed by atoms with Crippen LogP contribution in [0, 0.1) is 17.6 Å². The van der Waals surface area contributed by atoms with Crippen LogP contribution in [0.3, 0.4) is 0 Å². The number of hydrogen-bond donors (Lipinski definition) is 2. The number of carbonyl (C=O) groups is 1. The molecule has 3 nitrogen and oxygen atoms in total. The summed E-state index contributed by atoms with van der Waals surface area (Å²) in [5, 5.41) is 12.3. The molecule has 0 radical (unpaired) electrons. The first-order valence-electron chi connectivity index (χ1n) is 6.50. The average Bonchev–Trinajstić information content (AvgIpc) is 2.89. The molecule has 1 aromatic rings. The van der Waals surface area contributed by atoms with Crippen LogP contribution >= 0.6 is 0 Å². The molecule has 1 aromatic carbocycles. The molecule has 19 heavy (non-hydrogen) atoms. The van der Waals surface area contributed by atoms with Crippen LogP contribution in [0.2, 0.25) is 0 Å². The summed E-state index contributed by atoms with van der Waals surface area (Å²) >= 11 is 0. The van der Waals surface area contributed by atoms with Crippen LogP contribution < -0.4 is 5.32 Å². The molecule has 0 bridgehead atoms. The largest absolute Gasteiger partial charge is 0.391 e. The van der Waals surface area contributed by atoms with E-state index in [1.54, 1.807) is 0 Å². The number of nitrogens with one attached hydrogen (secondary N) is 1. The van der Waals surface area contributed by atoms with Crippen molar-refractivity contribution in [3.05, 3.63) is 35.4 Å². The van der Waals surface area contributed by atoms with Gasteiger partial charge in [0.25, 0.3) is 5.91 Å². The van der Waals surface area contributed by atoms with Crippen molar-refractivity contribution < 1.29 is 18.7 Å². The van der Waals surface area contributed by atoms with E-state index in [0.717, 1.165) is 37.8 Å². The van der Waals surface area contributed by atoms with Gasteiger partial charge in [-0.1, -0.05) is 18.9 Å². The van der Waals surface area contributed by atoms with E-state index in [-0.39, 0.29) is 12.5 Å². The van der Waals surface area contributed by atoms with E-state index in [0.29, 0.717) is 0 Å². The predicted octanol–water partition coefficient (Wildman–Crippen LogP) is 2.25. The Morgan fingerprint density at radius 2 is 1.89 bits per heavy atom. The van der Waals surface area contributed by atoms with Gasteiger partial charge in [0.15, 0.2) is 0 Å². The summed E-state index contributed by atoms with van der Waals surface area (Å²) in [4.78, 5) is 11.7. The standard InChI is InChI=1S/C14H17F2NO2/c15-10-6-3-7-11(16)13(10)14(19)17-8-12(18)9-4-1-2-5-9/h3,6-7,9,12,18H,1-2,4-5,8H2,(H,17,19). The van der Waals surface area contributed by atoms with E-state index in [9.17, 15) is 18.7 Å². The van der Waals surface area contributed by atoms with Crippen molar-refractivity contribution in [2.24, 2.45) is 5.92 Å². The fraction of sp³-hybridized carbons (Fsp3) is 0.500. The fourth-order valence-corrected chi connectivity index (χ4v) is 2.51. The number of aliphatic hydroxyl groups is 1. The molecule has 2 rings (SSSR count). The summed E-state index contributed by atoms with van der Waals surface area (Å²) in [6.07, 6.45) is 3.38. The molecule has 1 aliphatic carbocycles. The van der Waals surface area contributed by atoms with Gasteiger partial charge < -0.3 is 10.4 Å². The van der Waals surface area contributed by atoms with Crippen LogP contribution in [0.5, 0.6) is 0 Å². The van der Waals surface area contributed by atoms with Crippen LogP contribution in [0.1, 0.15) is 36.0 Å². The lowest BCUT2D eigenvalue weighted by Gasteiger charge is -2.18. The van der Waals surface area contributed by atoms with Gasteiger partial charge in [-0.2, -0.15) is 0 Å². The molecule has 1 amide bonds. The number of benzene rings is 1. The topological polar surface area (TPSA) is 49.3 Å². The van der Waals surface area contributed by atoms with E-state index < -0.39 is 29.2 Å². The van der Waals surface area contributed by atoms with Gasteiger partial charge in [0.2, 0.25) is 0 Å². The molecule has 0 aromatic heterocycles. The molecular formula is C14H17F2NO2. The van der Waals surface area contributed by atoms with Gasteiger partial charge in [0.05, 0.1) is 6.10 Å². The number of hydrogen-bond acceptors (Lipinski definition) is 2. The van der Waals surface area contributed by atoms with Gasteiger partial charge in [-0.05, 0) is 30.9 Å². The molecule has 2 N–H and O–H groups in total. The van der Waals surface area contributed by atoms with E-state index >= 15 is 0 Å². The average molecular weight is 269 g/mol. The molecular weight excluding hydrogens is 252 g/mol. The molecule has 104 valence electrons. The van der Waals surface area contributed by atoms with Crippen molar-refractivity contribution in [1.82, 2.24) is 5.32 Å². The maximum Gasteiger partial charge on any atom is 0.257 e. The highest BCUT2D eigenvalue weighted by Gasteiger charge is 2.24. The van der Waals surface area contributed by atoms with Crippen molar-refractivity contribution in [2.75, 3.05) is 6.54 Å². The number of halogens is 2. The normalized spacial score (nSPS) is 17.4. The van der Waals surface area contributed by atoms with Gasteiger partial charge in [-0.25, -0.2) is 8.78 Å². The predicted molar refractivity (Wildman–Crippen MR) is 66.7 cm³/mol. The summed E-state index contributed by atoms with van der Waals surface area (Å²) in [5.74, 6) is -2.45. The van der Waals surface area contributed by atoms with Crippen molar-refractivity contribution >= 4 is 5.91 Å². The Balaban J connectivity index is 1.94. The lowest BCUT2D eigenvalue weighted by atomic mass is 10.0. The van der Waals surface area contributed by atoms with Gasteiger partial charge in [-0.3, -0.25) is 4.79 Å². The molecule has 0 heterocycles. The maximum absolute atomic E-state index is 13.4. The van der Waals surface area contributed by atoms with Crippen LogP contribution in [0.15, 0.2) is 18.2 Å². The third-order valence-electron chi connectivity index (χ3n) is 3.61. The first kappa shape index (κ1) is 13.9. The first-order chi connectivity index (χ1) is 9.09. The Hall–Kier alpha value is -1.49. The highest BCUT2D eigenvalue weighted by Crippen LogP contribution is 2.27. The van der Waals surface area contributed by atoms with Crippen molar-refractivity contribution in [3.8, 4) is 0 Å². The summed E-state index contributed by atoms with van der Waals surface area (Å²) in [6, 6.07) is 3.27. The molecule has 0 saturated heterocycles. The number of rotatable bonds is 4. The second-order valence-electron chi connectivity index (χ2n) is 4.92. The lowest BCUT2D eigenvalue weighted by Crippen LogP contribution is -2.36. The van der Waals surface area contributed by atoms with Crippen LogP contribution in [0.25, 0.3) is 0 Å². The molecule has 1 atom stereocenters. The zero-order chi connectivity index (χ0) is 13.8. The molecule has 5 heteroatoms. The third kappa shape index (κ3) is 3.29. The Morgan fingerprint density at radius 3 is 2.47 bits per heavy atom. The van der Waals surface area contributed by atoms with Crippen molar-refractivity contribution in [2.45, 2.75) is 31.8 Å². The summed E-state index contributed by atoms with van der Waals surface area (Å²) in [7, 11) is 0. The summed E-state index contributed by atoms with van der Waals surface area (Å²) < 4.78 is 26.7. The van der Waals surface area contributed by atoms with E-state index in [2.05, 4.69) is 5.32 Å². The Morgan fingerprint density at radius 1 is 1.32 bits per heavy atom. The van der Waals surface area contributed by atoms with E-state index in [1.165, 1.54) is 6.07 Å². The van der Waals surface area contributed by atoms with Crippen LogP contribution in [0.4, 0.5) is 8.78 Å². The fourth-order valence-electron chi connectivity index (χ4n) is 2.51. The molecule has 1 fully saturated rings. The maximum atomic E-state index is 13.4.